The summed E-state index contributed by atoms with van der Waals surface area (Å²) in [5, 5.41) is 0. The summed E-state index contributed by atoms with van der Waals surface area (Å²) in [6.07, 6.45) is -3.61. The number of pyridine rings is 2. The average Bonchev–Trinajstić information content (AvgIpc) is 2.76. The zero-order valence-corrected chi connectivity index (χ0v) is 18.6. The quantitative estimate of drug-likeness (QED) is 0.615. The van der Waals surface area contributed by atoms with Crippen LogP contribution in [-0.2, 0) is 17.5 Å². The smallest absolute Gasteiger partial charge is 0.418 e. The molecule has 12 heteroatoms. The molecular weight excluding hydrogens is 455 g/mol. The molecule has 0 radical (unpaired) electrons. The van der Waals surface area contributed by atoms with Gasteiger partial charge in [-0.1, -0.05) is 0 Å². The Morgan fingerprint density at radius 3 is 2.56 bits per heavy atom. The van der Waals surface area contributed by atoms with Crippen LogP contribution in [0.2, 0.25) is 0 Å². The first-order valence-corrected chi connectivity index (χ1v) is 10.5. The molecule has 1 fully saturated rings. The van der Waals surface area contributed by atoms with Crippen LogP contribution >= 0.6 is 0 Å². The van der Waals surface area contributed by atoms with Gasteiger partial charge in [0.1, 0.15) is 12.4 Å². The summed E-state index contributed by atoms with van der Waals surface area (Å²) < 4.78 is 51.8. The highest BCUT2D eigenvalue weighted by molar-refractivity contribution is 5.94. The molecule has 3 aromatic heterocycles. The Labute approximate surface area is 191 Å². The maximum absolute atomic E-state index is 13.6. The Morgan fingerprint density at radius 1 is 1.24 bits per heavy atom. The van der Waals surface area contributed by atoms with E-state index in [1.54, 1.807) is 4.90 Å². The molecule has 1 saturated heterocycles. The molecular formula is C22H22F3N5O4. The topological polar surface area (TPSA) is 110 Å². The number of carbonyl (C=O) groups is 1. The number of rotatable bonds is 4. The van der Waals surface area contributed by atoms with Crippen LogP contribution in [0.5, 0.6) is 5.88 Å². The van der Waals surface area contributed by atoms with Crippen LogP contribution in [0, 0.1) is 6.92 Å². The first kappa shape index (κ1) is 23.6. The van der Waals surface area contributed by atoms with E-state index in [9.17, 15) is 22.8 Å². The largest absolute Gasteiger partial charge is 0.471 e. The van der Waals surface area contributed by atoms with Gasteiger partial charge in [0.2, 0.25) is 5.88 Å². The number of hydrogen-bond donors (Lipinski definition) is 1. The lowest BCUT2D eigenvalue weighted by Gasteiger charge is -2.35. The van der Waals surface area contributed by atoms with E-state index in [4.69, 9.17) is 9.47 Å². The van der Waals surface area contributed by atoms with E-state index < -0.39 is 29.6 Å². The number of nitrogens with zero attached hydrogens (tertiary/aromatic N) is 4. The van der Waals surface area contributed by atoms with Crippen molar-refractivity contribution in [2.24, 2.45) is 0 Å². The number of alkyl halides is 3. The second-order valence-electron chi connectivity index (χ2n) is 8.14. The molecule has 2 atom stereocenters. The van der Waals surface area contributed by atoms with Crippen molar-refractivity contribution >= 4 is 16.9 Å². The van der Waals surface area contributed by atoms with Crippen molar-refractivity contribution in [1.29, 1.82) is 0 Å². The Balaban J connectivity index is 1.53. The second-order valence-corrected chi connectivity index (χ2v) is 8.14. The average molecular weight is 477 g/mol. The van der Waals surface area contributed by atoms with Crippen LogP contribution in [0.3, 0.4) is 0 Å². The van der Waals surface area contributed by atoms with Gasteiger partial charge < -0.3 is 19.4 Å². The number of carbonyl (C=O) groups excluding carboxylic acids is 1. The van der Waals surface area contributed by atoms with E-state index in [1.165, 1.54) is 25.3 Å². The standard InChI is InChI=1S/C22H22F3N5O4/c1-11-8-30(9-12(2)34-11)21(32)14-4-5-18(26-7-14)33-10-17-15(22(23,24)25)6-16-19(29-17)20(31)28-13(3)27-16/h4-7,11-12H,8-10H2,1-3H3,(H,27,28,31). The number of fused-ring (bicyclic) bond motifs is 1. The van der Waals surface area contributed by atoms with Gasteiger partial charge in [-0.15, -0.1) is 0 Å². The summed E-state index contributed by atoms with van der Waals surface area (Å²) in [5.74, 6) is -0.0406. The fraction of sp³-hybridized carbons (Fsp3) is 0.409. The van der Waals surface area contributed by atoms with Crippen molar-refractivity contribution in [3.8, 4) is 5.88 Å². The first-order chi connectivity index (χ1) is 16.0. The fourth-order valence-electron chi connectivity index (χ4n) is 3.84. The number of morpholine rings is 1. The lowest BCUT2D eigenvalue weighted by Crippen LogP contribution is -2.48. The zero-order valence-electron chi connectivity index (χ0n) is 18.6. The minimum Gasteiger partial charge on any atom is -0.471 e. The van der Waals surface area contributed by atoms with Crippen LogP contribution in [-0.4, -0.2) is 56.0 Å². The SMILES string of the molecule is Cc1nc2cc(C(F)(F)F)c(COc3ccc(C(=O)N4CC(C)OC(C)C4)cn3)nc2c(=O)[nH]1. The van der Waals surface area contributed by atoms with Gasteiger partial charge in [-0.05, 0) is 32.9 Å². The van der Waals surface area contributed by atoms with E-state index in [0.717, 1.165) is 6.07 Å². The van der Waals surface area contributed by atoms with Crippen LogP contribution in [0.25, 0.3) is 11.0 Å². The fourth-order valence-corrected chi connectivity index (χ4v) is 3.84. The third-order valence-corrected chi connectivity index (χ3v) is 5.23. The predicted molar refractivity (Wildman–Crippen MR) is 114 cm³/mol. The van der Waals surface area contributed by atoms with Gasteiger partial charge in [0.15, 0.2) is 5.52 Å². The molecule has 0 saturated carbocycles. The lowest BCUT2D eigenvalue weighted by molar-refractivity contribution is -0.138. The Morgan fingerprint density at radius 2 is 1.94 bits per heavy atom. The first-order valence-electron chi connectivity index (χ1n) is 10.5. The van der Waals surface area contributed by atoms with Gasteiger partial charge >= 0.3 is 6.18 Å². The van der Waals surface area contributed by atoms with Crippen molar-refractivity contribution in [2.75, 3.05) is 13.1 Å². The van der Waals surface area contributed by atoms with Gasteiger partial charge in [-0.25, -0.2) is 15.0 Å². The molecule has 1 aliphatic rings. The lowest BCUT2D eigenvalue weighted by atomic mass is 10.1. The van der Waals surface area contributed by atoms with Crippen LogP contribution in [0.4, 0.5) is 13.2 Å². The van der Waals surface area contributed by atoms with Gasteiger partial charge in [-0.2, -0.15) is 13.2 Å². The number of hydrogen-bond acceptors (Lipinski definition) is 7. The number of H-pyrrole nitrogens is 1. The summed E-state index contributed by atoms with van der Waals surface area (Å²) in [7, 11) is 0. The molecule has 3 aromatic rings. The number of aromatic amines is 1. The highest BCUT2D eigenvalue weighted by atomic mass is 19.4. The van der Waals surface area contributed by atoms with E-state index in [0.29, 0.717) is 18.7 Å². The van der Waals surface area contributed by atoms with Gasteiger partial charge in [0, 0.05) is 25.4 Å². The third-order valence-electron chi connectivity index (χ3n) is 5.23. The van der Waals surface area contributed by atoms with E-state index in [2.05, 4.69) is 19.9 Å². The minimum atomic E-state index is -4.73. The highest BCUT2D eigenvalue weighted by Crippen LogP contribution is 2.33. The molecule has 0 aromatic carbocycles. The normalized spacial score (nSPS) is 18.8. The number of amides is 1. The summed E-state index contributed by atoms with van der Waals surface area (Å²) in [6, 6.07) is 3.67. The maximum Gasteiger partial charge on any atom is 0.418 e. The molecule has 1 aliphatic heterocycles. The molecule has 0 bridgehead atoms. The highest BCUT2D eigenvalue weighted by Gasteiger charge is 2.35. The number of halogens is 3. The molecule has 0 aliphatic carbocycles. The Hall–Kier alpha value is -3.54. The van der Waals surface area contributed by atoms with E-state index in [1.807, 2.05) is 13.8 Å². The van der Waals surface area contributed by atoms with Crippen molar-refractivity contribution in [3.05, 3.63) is 57.4 Å². The summed E-state index contributed by atoms with van der Waals surface area (Å²) >= 11 is 0. The molecule has 34 heavy (non-hydrogen) atoms. The molecule has 4 rings (SSSR count). The Bertz CT molecular complexity index is 1270. The van der Waals surface area contributed by atoms with E-state index in [-0.39, 0.29) is 40.9 Å². The number of ether oxygens (including phenoxy) is 2. The predicted octanol–water partition coefficient (Wildman–Crippen LogP) is 2.87. The summed E-state index contributed by atoms with van der Waals surface area (Å²) in [6.45, 7) is 5.53. The maximum atomic E-state index is 13.6. The van der Waals surface area contributed by atoms with Crippen LogP contribution in [0.15, 0.2) is 29.2 Å². The van der Waals surface area contributed by atoms with Crippen molar-refractivity contribution < 1.29 is 27.4 Å². The number of nitrogens with one attached hydrogen (secondary N) is 1. The number of aryl methyl sites for hydroxylation is 1. The molecule has 9 nitrogen and oxygen atoms in total. The van der Waals surface area contributed by atoms with Crippen molar-refractivity contribution in [1.82, 2.24) is 24.8 Å². The zero-order chi connectivity index (χ0) is 24.6. The molecule has 180 valence electrons. The molecule has 1 amide bonds. The van der Waals surface area contributed by atoms with Crippen LogP contribution < -0.4 is 10.3 Å². The Kier molecular flexibility index (Phi) is 6.26. The monoisotopic (exact) mass is 477 g/mol. The molecule has 0 spiro atoms. The van der Waals surface area contributed by atoms with Crippen molar-refractivity contribution in [2.45, 2.75) is 45.8 Å². The van der Waals surface area contributed by atoms with Gasteiger partial charge in [-0.3, -0.25) is 9.59 Å². The second kappa shape index (κ2) is 9.01. The molecule has 2 unspecified atom stereocenters. The van der Waals surface area contributed by atoms with Gasteiger partial charge in [0.25, 0.3) is 11.5 Å². The van der Waals surface area contributed by atoms with Crippen molar-refractivity contribution in [3.63, 3.8) is 0 Å². The van der Waals surface area contributed by atoms with Gasteiger partial charge in [0.05, 0.1) is 34.5 Å². The molecule has 1 N–H and O–H groups in total. The minimum absolute atomic E-state index is 0.00576. The van der Waals surface area contributed by atoms with E-state index >= 15 is 0 Å². The number of aromatic nitrogens is 4. The summed E-state index contributed by atoms with van der Waals surface area (Å²) in [4.78, 5) is 40.8. The van der Waals surface area contributed by atoms with Crippen LogP contribution in [0.1, 0.15) is 41.3 Å². The third kappa shape index (κ3) is 5.01. The molecule has 4 heterocycles. The summed E-state index contributed by atoms with van der Waals surface area (Å²) in [5.41, 5.74) is -2.24.